The smallest absolute Gasteiger partial charge is 0.248 e. The summed E-state index contributed by atoms with van der Waals surface area (Å²) in [6.45, 7) is 2.43. The number of benzene rings is 1. The molecule has 2 aliphatic rings. The number of anilines is 1. The summed E-state index contributed by atoms with van der Waals surface area (Å²) in [7, 11) is 0. The number of fused-ring (bicyclic) bond motifs is 1. The number of hydrogen-bond acceptors (Lipinski definition) is 5. The van der Waals surface area contributed by atoms with E-state index in [1.165, 1.54) is 38.8 Å². The van der Waals surface area contributed by atoms with E-state index in [9.17, 15) is 0 Å². The number of aromatic nitrogens is 4. The van der Waals surface area contributed by atoms with Gasteiger partial charge in [-0.15, -0.1) is 0 Å². The van der Waals surface area contributed by atoms with Gasteiger partial charge in [0.05, 0.1) is 5.69 Å². The topological polar surface area (TPSA) is 58.9 Å². The third-order valence-electron chi connectivity index (χ3n) is 4.64. The maximum atomic E-state index is 4.17. The van der Waals surface area contributed by atoms with Crippen molar-refractivity contribution in [2.75, 3.05) is 18.4 Å². The van der Waals surface area contributed by atoms with Crippen molar-refractivity contribution in [3.05, 3.63) is 30.3 Å². The number of hydrogen-bond donors (Lipinski definition) is 1. The minimum Gasteiger partial charge on any atom is -0.348 e. The monoisotopic (exact) mass is 284 g/mol. The van der Waals surface area contributed by atoms with Crippen molar-refractivity contribution in [2.24, 2.45) is 0 Å². The molecule has 2 fully saturated rings. The third-order valence-corrected chi connectivity index (χ3v) is 4.64. The first kappa shape index (κ1) is 12.8. The molecule has 0 spiro atoms. The first-order chi connectivity index (χ1) is 10.4. The van der Waals surface area contributed by atoms with Gasteiger partial charge in [0, 0.05) is 18.6 Å². The fourth-order valence-corrected chi connectivity index (χ4v) is 3.60. The number of nitrogens with zero attached hydrogens (tertiary/aromatic N) is 5. The van der Waals surface area contributed by atoms with Crippen LogP contribution in [0.1, 0.15) is 25.7 Å². The first-order valence-corrected chi connectivity index (χ1v) is 7.76. The molecule has 2 saturated heterocycles. The van der Waals surface area contributed by atoms with Crippen LogP contribution in [0.2, 0.25) is 0 Å². The molecule has 0 amide bonds. The van der Waals surface area contributed by atoms with Crippen molar-refractivity contribution in [3.63, 3.8) is 0 Å². The molecule has 21 heavy (non-hydrogen) atoms. The van der Waals surface area contributed by atoms with Crippen LogP contribution < -0.4 is 5.32 Å². The maximum Gasteiger partial charge on any atom is 0.248 e. The van der Waals surface area contributed by atoms with E-state index in [4.69, 9.17) is 0 Å². The molecular weight excluding hydrogens is 264 g/mol. The van der Waals surface area contributed by atoms with Crippen molar-refractivity contribution in [3.8, 4) is 5.69 Å². The van der Waals surface area contributed by atoms with Gasteiger partial charge in [-0.3, -0.25) is 4.90 Å². The van der Waals surface area contributed by atoms with Crippen LogP contribution in [0.5, 0.6) is 0 Å². The number of nitrogens with one attached hydrogen (secondary N) is 1. The summed E-state index contributed by atoms with van der Waals surface area (Å²) in [5, 5.41) is 15.7. The molecule has 6 nitrogen and oxygen atoms in total. The van der Waals surface area contributed by atoms with Gasteiger partial charge in [0.15, 0.2) is 0 Å². The zero-order chi connectivity index (χ0) is 14.1. The number of tetrazole rings is 1. The Bertz CT molecular complexity index is 595. The van der Waals surface area contributed by atoms with Gasteiger partial charge in [-0.2, -0.15) is 4.68 Å². The zero-order valence-corrected chi connectivity index (χ0v) is 12.0. The second-order valence-electron chi connectivity index (χ2n) is 5.89. The quantitative estimate of drug-likeness (QED) is 0.929. The highest BCUT2D eigenvalue weighted by Gasteiger charge is 2.36. The number of para-hydroxylation sites is 1. The molecule has 4 rings (SSSR count). The first-order valence-electron chi connectivity index (χ1n) is 7.76. The molecule has 1 aromatic heterocycles. The summed E-state index contributed by atoms with van der Waals surface area (Å²) >= 11 is 0. The Balaban J connectivity index is 1.54. The van der Waals surface area contributed by atoms with E-state index < -0.39 is 0 Å². The Morgan fingerprint density at radius 2 is 1.95 bits per heavy atom. The Labute approximate surface area is 124 Å². The van der Waals surface area contributed by atoms with Gasteiger partial charge in [-0.25, -0.2) is 0 Å². The average Bonchev–Trinajstić information content (AvgIpc) is 3.16. The number of rotatable bonds is 3. The van der Waals surface area contributed by atoms with Gasteiger partial charge in [0.1, 0.15) is 0 Å². The minimum absolute atomic E-state index is 0.457. The molecule has 110 valence electrons. The second kappa shape index (κ2) is 5.44. The van der Waals surface area contributed by atoms with Gasteiger partial charge in [0.2, 0.25) is 5.95 Å². The van der Waals surface area contributed by atoms with E-state index in [1.807, 2.05) is 30.3 Å². The largest absolute Gasteiger partial charge is 0.348 e. The standard InChI is InChI=1S/C15H20N6/c1-2-6-12(7-3-1)21-15(17-18-19-21)16-13-9-11-20-10-5-4-8-14(13)20/h1-3,6-7,13-14H,4-5,8-11H2,(H,16,17,19). The molecule has 2 aromatic rings. The lowest BCUT2D eigenvalue weighted by Gasteiger charge is -2.32. The lowest BCUT2D eigenvalue weighted by Crippen LogP contribution is -2.42. The fourth-order valence-electron chi connectivity index (χ4n) is 3.60. The third kappa shape index (κ3) is 2.40. The molecule has 6 heteroatoms. The highest BCUT2D eigenvalue weighted by atomic mass is 15.6. The van der Waals surface area contributed by atoms with E-state index in [-0.39, 0.29) is 0 Å². The molecule has 0 saturated carbocycles. The van der Waals surface area contributed by atoms with Crippen LogP contribution in [-0.2, 0) is 0 Å². The second-order valence-corrected chi connectivity index (χ2v) is 5.89. The van der Waals surface area contributed by atoms with E-state index in [0.717, 1.165) is 11.6 Å². The van der Waals surface area contributed by atoms with Gasteiger partial charge in [-0.05, 0) is 48.4 Å². The average molecular weight is 284 g/mol. The van der Waals surface area contributed by atoms with Gasteiger partial charge in [-0.1, -0.05) is 29.7 Å². The van der Waals surface area contributed by atoms with E-state index in [0.29, 0.717) is 12.1 Å². The van der Waals surface area contributed by atoms with Crippen molar-refractivity contribution in [1.82, 2.24) is 25.1 Å². The molecule has 0 aliphatic carbocycles. The van der Waals surface area contributed by atoms with Crippen LogP contribution in [0.3, 0.4) is 0 Å². The summed E-state index contributed by atoms with van der Waals surface area (Å²) in [4.78, 5) is 2.61. The zero-order valence-electron chi connectivity index (χ0n) is 12.0. The molecule has 0 radical (unpaired) electrons. The molecule has 2 unspecified atom stereocenters. The summed E-state index contributed by atoms with van der Waals surface area (Å²) in [5.74, 6) is 0.749. The Morgan fingerprint density at radius 3 is 2.86 bits per heavy atom. The van der Waals surface area contributed by atoms with Crippen LogP contribution in [0, 0.1) is 0 Å². The molecule has 1 aromatic carbocycles. The van der Waals surface area contributed by atoms with Crippen molar-refractivity contribution >= 4 is 5.95 Å². The summed E-state index contributed by atoms with van der Waals surface area (Å²) in [5.41, 5.74) is 0.989. The van der Waals surface area contributed by atoms with Crippen LogP contribution in [-0.4, -0.2) is 50.3 Å². The summed E-state index contributed by atoms with van der Waals surface area (Å²) in [6.07, 6.45) is 5.13. The van der Waals surface area contributed by atoms with Crippen LogP contribution in [0.25, 0.3) is 5.69 Å². The molecule has 0 bridgehead atoms. The van der Waals surface area contributed by atoms with E-state index >= 15 is 0 Å². The van der Waals surface area contributed by atoms with Crippen molar-refractivity contribution < 1.29 is 0 Å². The maximum absolute atomic E-state index is 4.17. The molecule has 1 N–H and O–H groups in total. The highest BCUT2D eigenvalue weighted by Crippen LogP contribution is 2.29. The van der Waals surface area contributed by atoms with Crippen LogP contribution >= 0.6 is 0 Å². The Hall–Kier alpha value is -1.95. The van der Waals surface area contributed by atoms with Crippen molar-refractivity contribution in [2.45, 2.75) is 37.8 Å². The lowest BCUT2D eigenvalue weighted by atomic mass is 9.99. The fraction of sp³-hybridized carbons (Fsp3) is 0.533. The predicted octanol–water partition coefficient (Wildman–Crippen LogP) is 1.70. The minimum atomic E-state index is 0.457. The molecule has 2 atom stereocenters. The SMILES string of the molecule is c1ccc(-n2nnnc2NC2CCN3CCCCC23)cc1. The highest BCUT2D eigenvalue weighted by molar-refractivity contribution is 5.39. The Morgan fingerprint density at radius 1 is 1.05 bits per heavy atom. The summed E-state index contributed by atoms with van der Waals surface area (Å²) in [6, 6.07) is 11.1. The lowest BCUT2D eigenvalue weighted by molar-refractivity contribution is 0.192. The van der Waals surface area contributed by atoms with E-state index in [2.05, 4.69) is 25.7 Å². The molecule has 3 heterocycles. The Kier molecular flexibility index (Phi) is 3.31. The molecule has 2 aliphatic heterocycles. The van der Waals surface area contributed by atoms with Crippen LogP contribution in [0.4, 0.5) is 5.95 Å². The van der Waals surface area contributed by atoms with E-state index in [1.54, 1.807) is 4.68 Å². The summed E-state index contributed by atoms with van der Waals surface area (Å²) < 4.78 is 1.78. The van der Waals surface area contributed by atoms with Gasteiger partial charge in [0.25, 0.3) is 0 Å². The normalized spacial score (nSPS) is 25.7. The van der Waals surface area contributed by atoms with Crippen molar-refractivity contribution in [1.29, 1.82) is 0 Å². The number of piperidine rings is 1. The van der Waals surface area contributed by atoms with Gasteiger partial charge >= 0.3 is 0 Å². The predicted molar refractivity (Wildman–Crippen MR) is 80.4 cm³/mol. The van der Waals surface area contributed by atoms with Crippen LogP contribution in [0.15, 0.2) is 30.3 Å². The van der Waals surface area contributed by atoms with Gasteiger partial charge < -0.3 is 5.32 Å². The molecular formula is C15H20N6.